The van der Waals surface area contributed by atoms with Crippen LogP contribution in [0, 0.1) is 0 Å². The molecule has 2 aromatic rings. The van der Waals surface area contributed by atoms with Crippen molar-refractivity contribution in [2.75, 3.05) is 24.3 Å². The maximum absolute atomic E-state index is 12.5. The van der Waals surface area contributed by atoms with Crippen LogP contribution in [0.1, 0.15) is 11.1 Å². The lowest BCUT2D eigenvalue weighted by Gasteiger charge is -2.18. The van der Waals surface area contributed by atoms with Crippen molar-refractivity contribution in [1.82, 2.24) is 0 Å². The van der Waals surface area contributed by atoms with Gasteiger partial charge < -0.3 is 10.2 Å². The largest absolute Gasteiger partial charge is 0.416 e. The average Bonchev–Trinajstić information content (AvgIpc) is 2.46. The van der Waals surface area contributed by atoms with Crippen LogP contribution in [-0.2, 0) is 17.4 Å². The molecule has 0 aromatic heterocycles. The maximum atomic E-state index is 12.5. The predicted molar refractivity (Wildman–Crippen MR) is 89.6 cm³/mol. The second-order valence-electron chi connectivity index (χ2n) is 5.48. The number of carbonyl (C=O) groups excluding carboxylic acids is 1. The number of rotatable bonds is 4. The zero-order valence-electron chi connectivity index (χ0n) is 13.1. The summed E-state index contributed by atoms with van der Waals surface area (Å²) in [6.45, 7) is 0. The van der Waals surface area contributed by atoms with E-state index in [0.29, 0.717) is 16.3 Å². The van der Waals surface area contributed by atoms with E-state index >= 15 is 0 Å². The van der Waals surface area contributed by atoms with Gasteiger partial charge in [-0.3, -0.25) is 4.79 Å². The Balaban J connectivity index is 2.10. The molecule has 1 N–H and O–H groups in total. The van der Waals surface area contributed by atoms with Crippen molar-refractivity contribution in [3.05, 3.63) is 58.6 Å². The van der Waals surface area contributed by atoms with E-state index in [1.54, 1.807) is 18.2 Å². The van der Waals surface area contributed by atoms with Gasteiger partial charge in [0.25, 0.3) is 0 Å². The van der Waals surface area contributed by atoms with Crippen LogP contribution in [0.5, 0.6) is 0 Å². The quantitative estimate of drug-likeness (QED) is 0.868. The number of carbonyl (C=O) groups is 1. The Bertz CT molecular complexity index is 728. The number of halogens is 4. The second kappa shape index (κ2) is 7.13. The van der Waals surface area contributed by atoms with E-state index < -0.39 is 11.7 Å². The van der Waals surface area contributed by atoms with Crippen molar-refractivity contribution in [3.63, 3.8) is 0 Å². The smallest absolute Gasteiger partial charge is 0.376 e. The molecule has 0 unspecified atom stereocenters. The molecule has 0 spiro atoms. The zero-order chi connectivity index (χ0) is 17.9. The first-order valence-electron chi connectivity index (χ1n) is 7.09. The number of nitrogens with one attached hydrogen (secondary N) is 1. The minimum atomic E-state index is -4.39. The first-order valence-corrected chi connectivity index (χ1v) is 7.47. The Labute approximate surface area is 143 Å². The van der Waals surface area contributed by atoms with Crippen LogP contribution in [0.3, 0.4) is 0 Å². The molecular weight excluding hydrogens is 341 g/mol. The highest BCUT2D eigenvalue weighted by atomic mass is 35.5. The van der Waals surface area contributed by atoms with Crippen LogP contribution in [0.25, 0.3) is 0 Å². The fourth-order valence-electron chi connectivity index (χ4n) is 2.19. The Kier molecular flexibility index (Phi) is 5.39. The van der Waals surface area contributed by atoms with Gasteiger partial charge in [-0.2, -0.15) is 13.2 Å². The maximum Gasteiger partial charge on any atom is 0.416 e. The molecule has 0 heterocycles. The zero-order valence-corrected chi connectivity index (χ0v) is 13.9. The Hall–Kier alpha value is -2.21. The van der Waals surface area contributed by atoms with Gasteiger partial charge in [-0.1, -0.05) is 23.7 Å². The normalized spacial score (nSPS) is 11.2. The van der Waals surface area contributed by atoms with Gasteiger partial charge in [0.2, 0.25) is 5.91 Å². The van der Waals surface area contributed by atoms with E-state index in [4.69, 9.17) is 11.6 Å². The summed E-state index contributed by atoms with van der Waals surface area (Å²) in [7, 11) is 3.66. The summed E-state index contributed by atoms with van der Waals surface area (Å²) in [6, 6.07) is 9.64. The lowest BCUT2D eigenvalue weighted by Crippen LogP contribution is -2.18. The lowest BCUT2D eigenvalue weighted by atomic mass is 10.1. The van der Waals surface area contributed by atoms with Crippen LogP contribution in [0.15, 0.2) is 42.5 Å². The summed E-state index contributed by atoms with van der Waals surface area (Å²) in [5.74, 6) is -0.333. The monoisotopic (exact) mass is 356 g/mol. The molecule has 0 radical (unpaired) electrons. The van der Waals surface area contributed by atoms with Gasteiger partial charge in [0, 0.05) is 19.1 Å². The molecule has 0 aliphatic carbocycles. The molecule has 0 saturated heterocycles. The summed E-state index contributed by atoms with van der Waals surface area (Å²) in [4.78, 5) is 14.0. The van der Waals surface area contributed by atoms with Crippen molar-refractivity contribution in [2.45, 2.75) is 12.6 Å². The highest BCUT2D eigenvalue weighted by molar-refractivity contribution is 6.31. The molecule has 3 nitrogen and oxygen atoms in total. The van der Waals surface area contributed by atoms with Crippen molar-refractivity contribution >= 4 is 28.9 Å². The fraction of sp³-hybridized carbons (Fsp3) is 0.235. The molecule has 2 rings (SSSR count). The molecule has 2 aromatic carbocycles. The van der Waals surface area contributed by atoms with Crippen LogP contribution in [0.4, 0.5) is 24.5 Å². The van der Waals surface area contributed by atoms with Crippen molar-refractivity contribution in [1.29, 1.82) is 0 Å². The van der Waals surface area contributed by atoms with Crippen molar-refractivity contribution in [3.8, 4) is 0 Å². The topological polar surface area (TPSA) is 32.3 Å². The SMILES string of the molecule is CN(C)c1ccc(Cl)cc1NC(=O)Cc1ccc(C(F)(F)F)cc1. The second-order valence-corrected chi connectivity index (χ2v) is 5.91. The molecule has 0 saturated carbocycles. The lowest BCUT2D eigenvalue weighted by molar-refractivity contribution is -0.137. The molecule has 0 atom stereocenters. The third kappa shape index (κ3) is 4.64. The van der Waals surface area contributed by atoms with Gasteiger partial charge >= 0.3 is 6.18 Å². The number of alkyl halides is 3. The minimum absolute atomic E-state index is 0.0302. The first-order chi connectivity index (χ1) is 11.2. The number of anilines is 2. The van der Waals surface area contributed by atoms with Crippen molar-refractivity contribution < 1.29 is 18.0 Å². The Morgan fingerprint density at radius 3 is 2.29 bits per heavy atom. The van der Waals surface area contributed by atoms with Crippen LogP contribution in [0.2, 0.25) is 5.02 Å². The van der Waals surface area contributed by atoms with Crippen LogP contribution < -0.4 is 10.2 Å². The molecule has 0 aliphatic heterocycles. The minimum Gasteiger partial charge on any atom is -0.376 e. The van der Waals surface area contributed by atoms with Crippen LogP contribution >= 0.6 is 11.6 Å². The summed E-state index contributed by atoms with van der Waals surface area (Å²) in [6.07, 6.45) is -4.42. The summed E-state index contributed by atoms with van der Waals surface area (Å²) >= 11 is 5.95. The highest BCUT2D eigenvalue weighted by Gasteiger charge is 2.29. The molecule has 7 heteroatoms. The number of amides is 1. The van der Waals surface area contributed by atoms with E-state index in [1.807, 2.05) is 19.0 Å². The van der Waals surface area contributed by atoms with Gasteiger partial charge in [0.1, 0.15) is 0 Å². The van der Waals surface area contributed by atoms with Gasteiger partial charge in [-0.25, -0.2) is 0 Å². The standard InChI is InChI=1S/C17H16ClF3N2O/c1-23(2)15-8-7-13(18)10-14(15)22-16(24)9-11-3-5-12(6-4-11)17(19,20)21/h3-8,10H,9H2,1-2H3,(H,22,24). The number of nitrogens with zero attached hydrogens (tertiary/aromatic N) is 1. The molecule has 0 fully saturated rings. The van der Waals surface area contributed by atoms with Gasteiger partial charge in [-0.05, 0) is 35.9 Å². The predicted octanol–water partition coefficient (Wildman–Crippen LogP) is 4.61. The summed E-state index contributed by atoms with van der Waals surface area (Å²) in [5.41, 5.74) is 1.08. The van der Waals surface area contributed by atoms with Gasteiger partial charge in [-0.15, -0.1) is 0 Å². The van der Waals surface area contributed by atoms with E-state index in [1.165, 1.54) is 12.1 Å². The Morgan fingerprint density at radius 1 is 1.12 bits per heavy atom. The molecule has 24 heavy (non-hydrogen) atoms. The first kappa shape index (κ1) is 18.1. The molecule has 128 valence electrons. The van der Waals surface area contributed by atoms with E-state index in [-0.39, 0.29) is 12.3 Å². The number of hydrogen-bond donors (Lipinski definition) is 1. The summed E-state index contributed by atoms with van der Waals surface area (Å²) in [5, 5.41) is 3.22. The van der Waals surface area contributed by atoms with E-state index in [2.05, 4.69) is 5.32 Å². The molecule has 0 aliphatic rings. The summed E-state index contributed by atoms with van der Waals surface area (Å²) < 4.78 is 37.6. The van der Waals surface area contributed by atoms with E-state index in [9.17, 15) is 18.0 Å². The Morgan fingerprint density at radius 2 is 1.75 bits per heavy atom. The molecule has 0 bridgehead atoms. The van der Waals surface area contributed by atoms with Crippen molar-refractivity contribution in [2.24, 2.45) is 0 Å². The average molecular weight is 357 g/mol. The molecule has 1 amide bonds. The molecular formula is C17H16ClF3N2O. The number of hydrogen-bond acceptors (Lipinski definition) is 2. The third-order valence-corrected chi connectivity index (χ3v) is 3.60. The number of benzene rings is 2. The van der Waals surface area contributed by atoms with E-state index in [0.717, 1.165) is 17.8 Å². The third-order valence-electron chi connectivity index (χ3n) is 3.36. The van der Waals surface area contributed by atoms with Crippen LogP contribution in [-0.4, -0.2) is 20.0 Å². The highest BCUT2D eigenvalue weighted by Crippen LogP contribution is 2.30. The van der Waals surface area contributed by atoms with Gasteiger partial charge in [0.15, 0.2) is 0 Å². The van der Waals surface area contributed by atoms with Gasteiger partial charge in [0.05, 0.1) is 23.4 Å². The fourth-order valence-corrected chi connectivity index (χ4v) is 2.36.